The second-order valence-electron chi connectivity index (χ2n) is 4.44. The van der Waals surface area contributed by atoms with Gasteiger partial charge in [0, 0.05) is 5.75 Å². The molecule has 0 saturated heterocycles. The van der Waals surface area contributed by atoms with Crippen LogP contribution in [0.5, 0.6) is 0 Å². The number of carbonyl (C=O) groups is 1. The monoisotopic (exact) mass is 321 g/mol. The number of nitrogens with zero attached hydrogens (tertiary/aromatic N) is 2. The van der Waals surface area contributed by atoms with Crippen LogP contribution in [-0.2, 0) is 11.2 Å². The molecule has 1 N–H and O–H groups in total. The number of aliphatic carboxylic acids is 1. The Balaban J connectivity index is 2.52. The number of rotatable bonds is 9. The van der Waals surface area contributed by atoms with Gasteiger partial charge in [0.25, 0.3) is 5.01 Å². The molecule has 1 aromatic rings. The van der Waals surface area contributed by atoms with E-state index in [0.29, 0.717) is 10.9 Å². The van der Waals surface area contributed by atoms with Gasteiger partial charge in [0.15, 0.2) is 0 Å². The van der Waals surface area contributed by atoms with Crippen molar-refractivity contribution in [3.05, 3.63) is 5.01 Å². The molecule has 0 aromatic carbocycles. The molecule has 2 unspecified atom stereocenters. The Morgan fingerprint density at radius 1 is 1.47 bits per heavy atom. The molecule has 0 radical (unpaired) electrons. The van der Waals surface area contributed by atoms with Crippen LogP contribution in [0, 0.1) is 5.92 Å². The average Bonchev–Trinajstić information content (AvgIpc) is 2.71. The Morgan fingerprint density at radius 3 is 2.79 bits per heavy atom. The lowest BCUT2D eigenvalue weighted by atomic mass is 10.0. The number of aromatic nitrogens is 2. The molecule has 1 heterocycles. The van der Waals surface area contributed by atoms with Crippen LogP contribution in [0.2, 0.25) is 0 Å². The summed E-state index contributed by atoms with van der Waals surface area (Å²) in [5.74, 6) is 0.845. The lowest BCUT2D eigenvalue weighted by Gasteiger charge is -2.11. The Hall–Kier alpha value is -0.270. The van der Waals surface area contributed by atoms with E-state index in [-0.39, 0.29) is 6.42 Å². The molecule has 0 amide bonds. The minimum Gasteiger partial charge on any atom is -0.481 e. The molecular formula is C12H21N2O2S3+. The van der Waals surface area contributed by atoms with E-state index < -0.39 is 15.5 Å². The second kappa shape index (κ2) is 8.81. The van der Waals surface area contributed by atoms with Crippen molar-refractivity contribution in [3.63, 3.8) is 0 Å². The molecule has 1 rings (SSSR count). The Kier molecular flexibility index (Phi) is 7.78. The van der Waals surface area contributed by atoms with Crippen LogP contribution in [-0.4, -0.2) is 27.0 Å². The molecule has 1 aromatic heterocycles. The summed E-state index contributed by atoms with van der Waals surface area (Å²) in [4.78, 5) is 10.7. The number of carboxylic acid groups (broad SMARTS) is 1. The smallest absolute Gasteiger partial charge is 0.335 e. The van der Waals surface area contributed by atoms with Crippen LogP contribution in [0.25, 0.3) is 0 Å². The van der Waals surface area contributed by atoms with Gasteiger partial charge in [-0.1, -0.05) is 43.3 Å². The Bertz CT molecular complexity index is 410. The molecule has 0 aliphatic heterocycles. The van der Waals surface area contributed by atoms with Crippen LogP contribution in [0.1, 0.15) is 44.5 Å². The quantitative estimate of drug-likeness (QED) is 0.313. The van der Waals surface area contributed by atoms with Crippen LogP contribution in [0.3, 0.4) is 0 Å². The normalized spacial score (nSPS) is 13.5. The molecule has 0 spiro atoms. The van der Waals surface area contributed by atoms with Crippen molar-refractivity contribution in [3.8, 4) is 0 Å². The third-order valence-corrected chi connectivity index (χ3v) is 7.35. The predicted molar refractivity (Wildman–Crippen MR) is 84.3 cm³/mol. The van der Waals surface area contributed by atoms with Gasteiger partial charge in [-0.05, 0) is 24.1 Å². The van der Waals surface area contributed by atoms with E-state index in [1.165, 1.54) is 25.7 Å². The maximum absolute atomic E-state index is 10.7. The first-order valence-electron chi connectivity index (χ1n) is 6.50. The number of unbranched alkanes of at least 4 members (excludes halogenated alkanes) is 1. The van der Waals surface area contributed by atoms with Gasteiger partial charge in [-0.3, -0.25) is 4.79 Å². The van der Waals surface area contributed by atoms with Crippen molar-refractivity contribution < 1.29 is 9.90 Å². The minimum atomic E-state index is -0.874. The first-order valence-corrected chi connectivity index (χ1v) is 9.77. The predicted octanol–water partition coefficient (Wildman–Crippen LogP) is 3.85. The summed E-state index contributed by atoms with van der Waals surface area (Å²) in [5, 5.41) is 17.4. The highest BCUT2D eigenvalue weighted by Crippen LogP contribution is 2.38. The number of hydrogen-bond acceptors (Lipinski definition) is 5. The zero-order chi connectivity index (χ0) is 14.3. The van der Waals surface area contributed by atoms with Gasteiger partial charge >= 0.3 is 10.3 Å². The number of thioether (sulfide) groups is 1. The average molecular weight is 322 g/mol. The van der Waals surface area contributed by atoms with Gasteiger partial charge in [0.1, 0.15) is 27.6 Å². The highest BCUT2D eigenvalue weighted by Gasteiger charge is 2.25. The van der Waals surface area contributed by atoms with Gasteiger partial charge in [0.2, 0.25) is 0 Å². The molecule has 0 bridgehead atoms. The first kappa shape index (κ1) is 16.8. The number of thiol groups is 1. The van der Waals surface area contributed by atoms with E-state index in [1.807, 2.05) is 0 Å². The summed E-state index contributed by atoms with van der Waals surface area (Å²) in [5.41, 5.74) is 0. The van der Waals surface area contributed by atoms with Gasteiger partial charge in [-0.25, -0.2) is 0 Å². The van der Waals surface area contributed by atoms with Crippen LogP contribution in [0.15, 0.2) is 4.34 Å². The fraction of sp³-hybridized carbons (Fsp3) is 0.750. The molecule has 0 aliphatic rings. The molecular weight excluding hydrogens is 300 g/mol. The summed E-state index contributed by atoms with van der Waals surface area (Å²) in [6, 6.07) is 0. The van der Waals surface area contributed by atoms with Crippen molar-refractivity contribution in [2.24, 2.45) is 5.92 Å². The first-order chi connectivity index (χ1) is 9.08. The lowest BCUT2D eigenvalue weighted by Crippen LogP contribution is -2.02. The number of carboxylic acids is 1. The summed E-state index contributed by atoms with van der Waals surface area (Å²) >= 11 is 6.13. The van der Waals surface area contributed by atoms with E-state index in [0.717, 1.165) is 10.1 Å². The van der Waals surface area contributed by atoms with Gasteiger partial charge in [-0.2, -0.15) is 0 Å². The van der Waals surface area contributed by atoms with Crippen molar-refractivity contribution in [1.82, 2.24) is 10.2 Å². The largest absolute Gasteiger partial charge is 0.481 e. The van der Waals surface area contributed by atoms with Gasteiger partial charge in [0.05, 0.1) is 0 Å². The summed E-state index contributed by atoms with van der Waals surface area (Å²) in [6.07, 6.45) is 4.84. The summed E-state index contributed by atoms with van der Waals surface area (Å²) in [6.45, 7) is 4.42. The molecule has 7 heteroatoms. The van der Waals surface area contributed by atoms with Crippen molar-refractivity contribution >= 4 is 38.9 Å². The topological polar surface area (TPSA) is 63.1 Å². The SMILES string of the molecule is CCCCC(CC)CSc1nnc(CC(=O)O)[s+]1S. The Morgan fingerprint density at radius 2 is 2.21 bits per heavy atom. The van der Waals surface area contributed by atoms with Crippen molar-refractivity contribution in [2.75, 3.05) is 5.75 Å². The van der Waals surface area contributed by atoms with Gasteiger partial charge in [-0.15, -0.1) is 0 Å². The lowest BCUT2D eigenvalue weighted by molar-refractivity contribution is -0.136. The van der Waals surface area contributed by atoms with Crippen LogP contribution < -0.4 is 0 Å². The Labute approximate surface area is 126 Å². The van der Waals surface area contributed by atoms with Gasteiger partial charge < -0.3 is 5.11 Å². The standard InChI is InChI=1S/C12H20N2O2S3/c1-3-5-6-9(4-2)8-18-12-14-13-10(19(12)17)7-11(15)16/h9,17H,3-8H2,1-2H3/p+1. The van der Waals surface area contributed by atoms with E-state index in [1.54, 1.807) is 11.8 Å². The summed E-state index contributed by atoms with van der Waals surface area (Å²) in [7, 11) is -0.517. The fourth-order valence-electron chi connectivity index (χ4n) is 1.68. The highest BCUT2D eigenvalue weighted by atomic mass is 33.1. The third kappa shape index (κ3) is 5.71. The maximum atomic E-state index is 10.7. The van der Waals surface area contributed by atoms with Crippen LogP contribution in [0.4, 0.5) is 0 Å². The maximum Gasteiger partial charge on any atom is 0.335 e. The fourth-order valence-corrected chi connectivity index (χ4v) is 5.08. The van der Waals surface area contributed by atoms with E-state index in [2.05, 4.69) is 35.7 Å². The van der Waals surface area contributed by atoms with E-state index in [4.69, 9.17) is 5.11 Å². The highest BCUT2D eigenvalue weighted by molar-refractivity contribution is 8.34. The molecule has 0 saturated carbocycles. The number of hydrogen-bond donors (Lipinski definition) is 2. The molecule has 4 nitrogen and oxygen atoms in total. The molecule has 19 heavy (non-hydrogen) atoms. The molecule has 0 fully saturated rings. The third-order valence-electron chi connectivity index (χ3n) is 2.92. The summed E-state index contributed by atoms with van der Waals surface area (Å²) < 4.78 is 0.870. The van der Waals surface area contributed by atoms with Crippen molar-refractivity contribution in [1.29, 1.82) is 0 Å². The van der Waals surface area contributed by atoms with E-state index >= 15 is 0 Å². The van der Waals surface area contributed by atoms with E-state index in [9.17, 15) is 4.79 Å². The molecule has 108 valence electrons. The minimum absolute atomic E-state index is 0.0623. The zero-order valence-electron chi connectivity index (χ0n) is 11.3. The zero-order valence-corrected chi connectivity index (χ0v) is 13.9. The van der Waals surface area contributed by atoms with Crippen molar-refractivity contribution in [2.45, 2.75) is 50.3 Å². The molecule has 0 aliphatic carbocycles. The molecule has 2 atom stereocenters. The second-order valence-corrected chi connectivity index (χ2v) is 8.23. The van der Waals surface area contributed by atoms with Crippen LogP contribution >= 0.6 is 32.9 Å².